The standard InChI is InChI=1S/C23H16I2N2O3S/c24-16-10-15(11-17(25)21(16)30-13-14-6-2-1-3-7-14)12-20(22(28)29)31-23-26-18-8-4-5-9-19(18)27-23/h1-12H,13H2,(H,26,27)(H,28,29)/b20-12-. The molecule has 0 amide bonds. The number of carbonyl (C=O) groups is 1. The number of rotatable bonds is 7. The van der Waals surface area contributed by atoms with Gasteiger partial charge in [0.25, 0.3) is 0 Å². The number of aliphatic carboxylic acids is 1. The number of ether oxygens (including phenoxy) is 1. The van der Waals surface area contributed by atoms with Crippen LogP contribution >= 0.6 is 56.9 Å². The van der Waals surface area contributed by atoms with Crippen LogP contribution < -0.4 is 4.74 Å². The van der Waals surface area contributed by atoms with E-state index in [0.29, 0.717) is 11.8 Å². The summed E-state index contributed by atoms with van der Waals surface area (Å²) >= 11 is 5.54. The summed E-state index contributed by atoms with van der Waals surface area (Å²) in [6.07, 6.45) is 1.66. The van der Waals surface area contributed by atoms with Crippen LogP contribution in [0.25, 0.3) is 17.1 Å². The number of hydrogen-bond donors (Lipinski definition) is 2. The number of thioether (sulfide) groups is 1. The van der Waals surface area contributed by atoms with E-state index in [4.69, 9.17) is 4.74 Å². The van der Waals surface area contributed by atoms with E-state index < -0.39 is 5.97 Å². The van der Waals surface area contributed by atoms with Crippen LogP contribution in [0.4, 0.5) is 0 Å². The summed E-state index contributed by atoms with van der Waals surface area (Å²) in [4.78, 5) is 19.7. The van der Waals surface area contributed by atoms with Crippen LogP contribution in [-0.2, 0) is 11.4 Å². The predicted molar refractivity (Wildman–Crippen MR) is 140 cm³/mol. The third kappa shape index (κ3) is 5.60. The second kappa shape index (κ2) is 10.0. The molecule has 4 rings (SSSR count). The van der Waals surface area contributed by atoms with Gasteiger partial charge in [0.1, 0.15) is 17.3 Å². The highest BCUT2D eigenvalue weighted by molar-refractivity contribution is 14.1. The lowest BCUT2D eigenvalue weighted by atomic mass is 10.2. The summed E-state index contributed by atoms with van der Waals surface area (Å²) in [7, 11) is 0. The maximum atomic E-state index is 11.9. The lowest BCUT2D eigenvalue weighted by Crippen LogP contribution is -2.00. The van der Waals surface area contributed by atoms with Crippen molar-refractivity contribution in [3.05, 3.63) is 89.9 Å². The van der Waals surface area contributed by atoms with Crippen molar-refractivity contribution in [2.24, 2.45) is 0 Å². The number of carboxylic acids is 1. The number of nitrogens with one attached hydrogen (secondary N) is 1. The Morgan fingerprint density at radius 2 is 1.74 bits per heavy atom. The average molecular weight is 654 g/mol. The van der Waals surface area contributed by atoms with Gasteiger partial charge < -0.3 is 14.8 Å². The highest BCUT2D eigenvalue weighted by Gasteiger charge is 2.15. The third-order valence-electron chi connectivity index (χ3n) is 4.33. The second-order valence-corrected chi connectivity index (χ2v) is 9.92. The van der Waals surface area contributed by atoms with E-state index in [1.54, 1.807) is 6.08 Å². The zero-order valence-corrected chi connectivity index (χ0v) is 21.1. The third-order valence-corrected chi connectivity index (χ3v) is 6.83. The fourth-order valence-corrected chi connectivity index (χ4v) is 5.82. The Morgan fingerprint density at radius 3 is 2.42 bits per heavy atom. The summed E-state index contributed by atoms with van der Waals surface area (Å²) in [5, 5.41) is 10.3. The number of aromatic amines is 1. The highest BCUT2D eigenvalue weighted by atomic mass is 127. The van der Waals surface area contributed by atoms with Gasteiger partial charge in [-0.3, -0.25) is 0 Å². The molecule has 0 spiro atoms. The minimum absolute atomic E-state index is 0.184. The summed E-state index contributed by atoms with van der Waals surface area (Å²) in [5.41, 5.74) is 3.56. The van der Waals surface area contributed by atoms with E-state index in [2.05, 4.69) is 55.1 Å². The summed E-state index contributed by atoms with van der Waals surface area (Å²) in [6, 6.07) is 21.4. The van der Waals surface area contributed by atoms with Gasteiger partial charge in [0, 0.05) is 0 Å². The van der Waals surface area contributed by atoms with Crippen LogP contribution in [0.3, 0.4) is 0 Å². The molecule has 0 unspecified atom stereocenters. The first-order valence-electron chi connectivity index (χ1n) is 9.23. The topological polar surface area (TPSA) is 75.2 Å². The van der Waals surface area contributed by atoms with E-state index in [-0.39, 0.29) is 4.91 Å². The zero-order valence-electron chi connectivity index (χ0n) is 16.0. The van der Waals surface area contributed by atoms with Crippen molar-refractivity contribution in [2.75, 3.05) is 0 Å². The number of hydrogen-bond acceptors (Lipinski definition) is 4. The average Bonchev–Trinajstić information content (AvgIpc) is 3.16. The SMILES string of the molecule is O=C(O)/C(=C/c1cc(I)c(OCc2ccccc2)c(I)c1)Sc1nc2ccccc2[nH]1. The van der Waals surface area contributed by atoms with Gasteiger partial charge in [-0.15, -0.1) is 0 Å². The minimum atomic E-state index is -1.00. The van der Waals surface area contributed by atoms with E-state index >= 15 is 0 Å². The molecule has 0 radical (unpaired) electrons. The van der Waals surface area contributed by atoms with Gasteiger partial charge in [-0.25, -0.2) is 9.78 Å². The second-order valence-electron chi connectivity index (χ2n) is 6.56. The van der Waals surface area contributed by atoms with Crippen molar-refractivity contribution < 1.29 is 14.6 Å². The van der Waals surface area contributed by atoms with Crippen LogP contribution in [0.15, 0.2) is 76.8 Å². The van der Waals surface area contributed by atoms with Crippen LogP contribution in [0, 0.1) is 7.14 Å². The molecule has 3 aromatic carbocycles. The van der Waals surface area contributed by atoms with Gasteiger partial charge >= 0.3 is 5.97 Å². The van der Waals surface area contributed by atoms with Crippen molar-refractivity contribution in [3.63, 3.8) is 0 Å². The Morgan fingerprint density at radius 1 is 1.06 bits per heavy atom. The molecule has 31 heavy (non-hydrogen) atoms. The molecular weight excluding hydrogens is 638 g/mol. The number of H-pyrrole nitrogens is 1. The summed E-state index contributed by atoms with van der Waals surface area (Å²) < 4.78 is 7.86. The van der Waals surface area contributed by atoms with Crippen molar-refractivity contribution >= 4 is 80.0 Å². The summed E-state index contributed by atoms with van der Waals surface area (Å²) in [5.74, 6) is -0.205. The number of para-hydroxylation sites is 2. The van der Waals surface area contributed by atoms with Crippen LogP contribution in [0.1, 0.15) is 11.1 Å². The molecule has 0 bridgehead atoms. The van der Waals surface area contributed by atoms with Gasteiger partial charge in [0.15, 0.2) is 5.16 Å². The smallest absolute Gasteiger partial charge is 0.342 e. The van der Waals surface area contributed by atoms with E-state index in [0.717, 1.165) is 46.8 Å². The van der Waals surface area contributed by atoms with E-state index in [1.807, 2.05) is 66.7 Å². The normalized spacial score (nSPS) is 11.6. The molecule has 0 aliphatic heterocycles. The minimum Gasteiger partial charge on any atom is -0.487 e. The van der Waals surface area contributed by atoms with Gasteiger partial charge in [-0.2, -0.15) is 0 Å². The van der Waals surface area contributed by atoms with Crippen molar-refractivity contribution in [3.8, 4) is 5.75 Å². The molecule has 156 valence electrons. The Bertz CT molecular complexity index is 1220. The first kappa shape index (κ1) is 22.2. The van der Waals surface area contributed by atoms with Gasteiger partial charge in [0.2, 0.25) is 0 Å². The van der Waals surface area contributed by atoms with Gasteiger partial charge in [0.05, 0.1) is 18.2 Å². The number of carboxylic acid groups (broad SMARTS) is 1. The lowest BCUT2D eigenvalue weighted by Gasteiger charge is -2.12. The molecule has 4 aromatic rings. The molecule has 5 nitrogen and oxygen atoms in total. The predicted octanol–water partition coefficient (Wildman–Crippen LogP) is 6.57. The van der Waals surface area contributed by atoms with Crippen molar-refractivity contribution in [2.45, 2.75) is 11.8 Å². The molecule has 0 fully saturated rings. The lowest BCUT2D eigenvalue weighted by molar-refractivity contribution is -0.131. The monoisotopic (exact) mass is 654 g/mol. The van der Waals surface area contributed by atoms with Gasteiger partial charge in [-0.05, 0) is 98.4 Å². The molecule has 1 aromatic heterocycles. The molecule has 1 heterocycles. The van der Waals surface area contributed by atoms with Crippen LogP contribution in [0.5, 0.6) is 5.75 Å². The molecule has 0 aliphatic carbocycles. The Balaban J connectivity index is 1.56. The van der Waals surface area contributed by atoms with Gasteiger partial charge in [-0.1, -0.05) is 42.5 Å². The van der Waals surface area contributed by atoms with E-state index in [9.17, 15) is 9.90 Å². The Labute approximate surface area is 210 Å². The molecular formula is C23H16I2N2O3S. The molecule has 8 heteroatoms. The quantitative estimate of drug-likeness (QED) is 0.134. The molecule has 0 aliphatic rings. The maximum Gasteiger partial charge on any atom is 0.342 e. The number of imidazole rings is 1. The summed E-state index contributed by atoms with van der Waals surface area (Å²) in [6.45, 7) is 0.476. The maximum absolute atomic E-state index is 11.9. The number of fused-ring (bicyclic) bond motifs is 1. The largest absolute Gasteiger partial charge is 0.487 e. The molecule has 0 saturated heterocycles. The fraction of sp³-hybridized carbons (Fsp3) is 0.0435. The highest BCUT2D eigenvalue weighted by Crippen LogP contribution is 2.33. The van der Waals surface area contributed by atoms with Crippen LogP contribution in [0.2, 0.25) is 0 Å². The number of nitrogens with zero attached hydrogens (tertiary/aromatic N) is 1. The molecule has 2 N–H and O–H groups in total. The first-order chi connectivity index (χ1) is 15.0. The molecule has 0 atom stereocenters. The molecule has 0 saturated carbocycles. The first-order valence-corrected chi connectivity index (χ1v) is 12.2. The zero-order chi connectivity index (χ0) is 21.8. The number of halogens is 2. The van der Waals surface area contributed by atoms with Crippen LogP contribution in [-0.4, -0.2) is 21.0 Å². The number of aromatic nitrogens is 2. The van der Waals surface area contributed by atoms with Crippen molar-refractivity contribution in [1.82, 2.24) is 9.97 Å². The Kier molecular flexibility index (Phi) is 7.18. The number of benzene rings is 3. The van der Waals surface area contributed by atoms with Crippen molar-refractivity contribution in [1.29, 1.82) is 0 Å². The van der Waals surface area contributed by atoms with E-state index in [1.165, 1.54) is 0 Å². The Hall–Kier alpha value is -2.05. The fourth-order valence-electron chi connectivity index (χ4n) is 2.90.